The lowest BCUT2D eigenvalue weighted by Crippen LogP contribution is -2.09. The van der Waals surface area contributed by atoms with Crippen LogP contribution in [-0.4, -0.2) is 20.9 Å². The standard InChI is InChI=1S/C18H17N3O3/c1-12-10-13(20-24-12)11-23-18(22)17-15-8-5-9-16(15)21(19-17)14-6-3-2-4-7-14/h2-4,6-7,10H,5,8-9,11H2,1H3. The van der Waals surface area contributed by atoms with Crippen molar-refractivity contribution < 1.29 is 14.1 Å². The minimum atomic E-state index is -0.413. The fourth-order valence-corrected chi connectivity index (χ4v) is 3.08. The second kappa shape index (κ2) is 5.96. The summed E-state index contributed by atoms with van der Waals surface area (Å²) in [6, 6.07) is 11.6. The average Bonchev–Trinajstić information content (AvgIpc) is 3.29. The molecular formula is C18H17N3O3. The normalized spacial score (nSPS) is 13.0. The maximum atomic E-state index is 12.5. The predicted molar refractivity (Wildman–Crippen MR) is 85.9 cm³/mol. The number of esters is 1. The van der Waals surface area contributed by atoms with E-state index in [0.29, 0.717) is 17.1 Å². The van der Waals surface area contributed by atoms with Crippen molar-refractivity contribution in [3.63, 3.8) is 0 Å². The van der Waals surface area contributed by atoms with Gasteiger partial charge in [-0.3, -0.25) is 0 Å². The highest BCUT2D eigenvalue weighted by molar-refractivity contribution is 5.89. The maximum absolute atomic E-state index is 12.5. The molecular weight excluding hydrogens is 306 g/mol. The van der Waals surface area contributed by atoms with E-state index in [2.05, 4.69) is 10.3 Å². The molecule has 24 heavy (non-hydrogen) atoms. The Morgan fingerprint density at radius 1 is 1.29 bits per heavy atom. The average molecular weight is 323 g/mol. The van der Waals surface area contributed by atoms with Crippen molar-refractivity contribution in [1.82, 2.24) is 14.9 Å². The molecule has 0 saturated carbocycles. The molecule has 0 atom stereocenters. The van der Waals surface area contributed by atoms with Crippen LogP contribution < -0.4 is 0 Å². The number of rotatable bonds is 4. The van der Waals surface area contributed by atoms with Gasteiger partial charge in [0, 0.05) is 17.3 Å². The number of carbonyl (C=O) groups is 1. The zero-order valence-electron chi connectivity index (χ0n) is 13.4. The first kappa shape index (κ1) is 14.7. The highest BCUT2D eigenvalue weighted by Gasteiger charge is 2.27. The molecule has 0 N–H and O–H groups in total. The Kier molecular flexibility index (Phi) is 3.65. The van der Waals surface area contributed by atoms with E-state index in [9.17, 15) is 4.79 Å². The number of para-hydroxylation sites is 1. The van der Waals surface area contributed by atoms with Crippen molar-refractivity contribution >= 4 is 5.97 Å². The van der Waals surface area contributed by atoms with Crippen molar-refractivity contribution in [2.24, 2.45) is 0 Å². The number of hydrogen-bond acceptors (Lipinski definition) is 5. The van der Waals surface area contributed by atoms with Crippen LogP contribution in [0, 0.1) is 6.92 Å². The topological polar surface area (TPSA) is 70.2 Å². The molecule has 6 nitrogen and oxygen atoms in total. The summed E-state index contributed by atoms with van der Waals surface area (Å²) in [4.78, 5) is 12.5. The van der Waals surface area contributed by atoms with Gasteiger partial charge in [0.05, 0.1) is 5.69 Å². The van der Waals surface area contributed by atoms with Crippen LogP contribution in [0.1, 0.15) is 39.6 Å². The fraction of sp³-hybridized carbons (Fsp3) is 0.278. The van der Waals surface area contributed by atoms with E-state index < -0.39 is 5.97 Å². The lowest BCUT2D eigenvalue weighted by atomic mass is 10.2. The van der Waals surface area contributed by atoms with Crippen molar-refractivity contribution in [2.45, 2.75) is 32.8 Å². The molecule has 1 aliphatic carbocycles. The van der Waals surface area contributed by atoms with E-state index >= 15 is 0 Å². The molecule has 1 aliphatic rings. The summed E-state index contributed by atoms with van der Waals surface area (Å²) >= 11 is 0. The number of fused-ring (bicyclic) bond motifs is 1. The predicted octanol–water partition coefficient (Wildman–Crippen LogP) is 3.01. The Morgan fingerprint density at radius 2 is 2.12 bits per heavy atom. The number of carbonyl (C=O) groups excluding carboxylic acids is 1. The molecule has 0 amide bonds. The molecule has 1 aromatic carbocycles. The van der Waals surface area contributed by atoms with Gasteiger partial charge in [0.25, 0.3) is 0 Å². The molecule has 122 valence electrons. The molecule has 2 aromatic heterocycles. The first-order chi connectivity index (χ1) is 11.7. The summed E-state index contributed by atoms with van der Waals surface area (Å²) in [5.74, 6) is 0.277. The van der Waals surface area contributed by atoms with E-state index in [1.54, 1.807) is 13.0 Å². The van der Waals surface area contributed by atoms with Crippen LogP contribution in [0.5, 0.6) is 0 Å². The van der Waals surface area contributed by atoms with Gasteiger partial charge in [-0.15, -0.1) is 0 Å². The van der Waals surface area contributed by atoms with Crippen LogP contribution in [0.25, 0.3) is 5.69 Å². The van der Waals surface area contributed by atoms with Crippen LogP contribution in [0.4, 0.5) is 0 Å². The van der Waals surface area contributed by atoms with E-state index in [4.69, 9.17) is 9.26 Å². The summed E-state index contributed by atoms with van der Waals surface area (Å²) in [7, 11) is 0. The lowest BCUT2D eigenvalue weighted by Gasteiger charge is -2.04. The van der Waals surface area contributed by atoms with Gasteiger partial charge in [0.1, 0.15) is 18.1 Å². The number of aryl methyl sites for hydroxylation is 1. The summed E-state index contributed by atoms with van der Waals surface area (Å²) < 4.78 is 12.2. The van der Waals surface area contributed by atoms with Crippen LogP contribution in [-0.2, 0) is 24.2 Å². The number of nitrogens with zero attached hydrogens (tertiary/aromatic N) is 3. The first-order valence-electron chi connectivity index (χ1n) is 7.98. The summed E-state index contributed by atoms with van der Waals surface area (Å²) in [6.45, 7) is 1.88. The summed E-state index contributed by atoms with van der Waals surface area (Å²) in [5.41, 5.74) is 4.07. The Hall–Kier alpha value is -2.89. The van der Waals surface area contributed by atoms with Crippen LogP contribution in [0.15, 0.2) is 40.9 Å². The van der Waals surface area contributed by atoms with E-state index in [1.807, 2.05) is 35.0 Å². The summed E-state index contributed by atoms with van der Waals surface area (Å²) in [5, 5.41) is 8.35. The van der Waals surface area contributed by atoms with Crippen molar-refractivity contribution in [2.75, 3.05) is 0 Å². The third-order valence-corrected chi connectivity index (χ3v) is 4.15. The largest absolute Gasteiger partial charge is 0.454 e. The van der Waals surface area contributed by atoms with E-state index in [-0.39, 0.29) is 6.61 Å². The molecule has 6 heteroatoms. The molecule has 0 spiro atoms. The minimum Gasteiger partial charge on any atom is -0.454 e. The van der Waals surface area contributed by atoms with Crippen LogP contribution in [0.2, 0.25) is 0 Å². The van der Waals surface area contributed by atoms with Crippen molar-refractivity contribution in [1.29, 1.82) is 0 Å². The smallest absolute Gasteiger partial charge is 0.359 e. The van der Waals surface area contributed by atoms with Gasteiger partial charge in [0.15, 0.2) is 5.69 Å². The van der Waals surface area contributed by atoms with Gasteiger partial charge in [-0.2, -0.15) is 5.10 Å². The number of ether oxygens (including phenoxy) is 1. The monoisotopic (exact) mass is 323 g/mol. The van der Waals surface area contributed by atoms with Gasteiger partial charge < -0.3 is 9.26 Å². The summed E-state index contributed by atoms with van der Waals surface area (Å²) in [6.07, 6.45) is 2.81. The van der Waals surface area contributed by atoms with Gasteiger partial charge in [-0.05, 0) is 38.3 Å². The molecule has 0 aliphatic heterocycles. The molecule has 3 aromatic rings. The van der Waals surface area contributed by atoms with Crippen molar-refractivity contribution in [3.05, 3.63) is 64.8 Å². The lowest BCUT2D eigenvalue weighted by molar-refractivity contribution is 0.0455. The number of benzene rings is 1. The zero-order valence-corrected chi connectivity index (χ0v) is 13.4. The highest BCUT2D eigenvalue weighted by Crippen LogP contribution is 2.28. The highest BCUT2D eigenvalue weighted by atomic mass is 16.5. The Morgan fingerprint density at radius 3 is 2.88 bits per heavy atom. The fourth-order valence-electron chi connectivity index (χ4n) is 3.08. The van der Waals surface area contributed by atoms with Crippen LogP contribution in [0.3, 0.4) is 0 Å². The van der Waals surface area contributed by atoms with Gasteiger partial charge >= 0.3 is 5.97 Å². The van der Waals surface area contributed by atoms with Crippen LogP contribution >= 0.6 is 0 Å². The molecule has 4 rings (SSSR count). The minimum absolute atomic E-state index is 0.0865. The number of hydrogen-bond donors (Lipinski definition) is 0. The second-order valence-corrected chi connectivity index (χ2v) is 5.88. The zero-order chi connectivity index (χ0) is 16.5. The van der Waals surface area contributed by atoms with Gasteiger partial charge in [0.2, 0.25) is 0 Å². The first-order valence-corrected chi connectivity index (χ1v) is 7.98. The van der Waals surface area contributed by atoms with Crippen molar-refractivity contribution in [3.8, 4) is 5.69 Å². The molecule has 0 fully saturated rings. The quantitative estimate of drug-likeness (QED) is 0.690. The SMILES string of the molecule is Cc1cc(COC(=O)c2nn(-c3ccccc3)c3c2CCC3)no1. The second-order valence-electron chi connectivity index (χ2n) is 5.88. The third-order valence-electron chi connectivity index (χ3n) is 4.15. The van der Waals surface area contributed by atoms with E-state index in [1.165, 1.54) is 0 Å². The van der Waals surface area contributed by atoms with Gasteiger partial charge in [-0.25, -0.2) is 9.48 Å². The molecule has 0 bridgehead atoms. The van der Waals surface area contributed by atoms with Gasteiger partial charge in [-0.1, -0.05) is 23.4 Å². The Labute approximate surface area is 139 Å². The third kappa shape index (κ3) is 2.60. The molecule has 2 heterocycles. The molecule has 0 radical (unpaired) electrons. The Balaban J connectivity index is 1.60. The molecule has 0 unspecified atom stereocenters. The number of aromatic nitrogens is 3. The van der Waals surface area contributed by atoms with E-state index in [0.717, 1.165) is 36.2 Å². The Bertz CT molecular complexity index is 880. The maximum Gasteiger partial charge on any atom is 0.359 e. The molecule has 0 saturated heterocycles.